The van der Waals surface area contributed by atoms with Gasteiger partial charge in [0.15, 0.2) is 5.78 Å². The number of hydrogen-bond acceptors (Lipinski definition) is 3. The van der Waals surface area contributed by atoms with Gasteiger partial charge in [-0.05, 0) is 43.6 Å². The van der Waals surface area contributed by atoms with Crippen LogP contribution in [0.2, 0.25) is 0 Å². The molecule has 2 heterocycles. The van der Waals surface area contributed by atoms with Crippen molar-refractivity contribution < 1.29 is 14.4 Å². The third-order valence-corrected chi connectivity index (χ3v) is 6.54. The van der Waals surface area contributed by atoms with Gasteiger partial charge in [-0.3, -0.25) is 14.4 Å². The van der Waals surface area contributed by atoms with Crippen LogP contribution in [-0.4, -0.2) is 53.6 Å². The number of ketones is 1. The molecule has 0 spiro atoms. The van der Waals surface area contributed by atoms with E-state index < -0.39 is 0 Å². The maximum absolute atomic E-state index is 12.7. The number of amides is 2. The fraction of sp³-hybridized carbons (Fsp3) is 0.625. The molecule has 0 radical (unpaired) electrons. The maximum Gasteiger partial charge on any atom is 0.225 e. The first-order valence-corrected chi connectivity index (χ1v) is 11.2. The standard InChI is InChI=1S/C24H34N2O3/c1-3-19-4-6-20(7-5-19)22(27)8-9-23(28)25-16-12-21(13-17-25)24(29)26-14-10-18(2)11-15-26/h4-7,18,21H,3,8-17H2,1-2H3. The molecule has 0 atom stereocenters. The van der Waals surface area contributed by atoms with E-state index in [-0.39, 0.29) is 36.4 Å². The lowest BCUT2D eigenvalue weighted by Gasteiger charge is -2.36. The van der Waals surface area contributed by atoms with Gasteiger partial charge >= 0.3 is 0 Å². The van der Waals surface area contributed by atoms with E-state index in [0.29, 0.717) is 24.6 Å². The van der Waals surface area contributed by atoms with E-state index in [1.54, 1.807) is 0 Å². The molecule has 2 amide bonds. The summed E-state index contributed by atoms with van der Waals surface area (Å²) in [6.07, 6.45) is 5.11. The summed E-state index contributed by atoms with van der Waals surface area (Å²) in [7, 11) is 0. The minimum Gasteiger partial charge on any atom is -0.343 e. The van der Waals surface area contributed by atoms with Crippen LogP contribution in [0.25, 0.3) is 0 Å². The molecule has 1 aromatic carbocycles. The first-order valence-electron chi connectivity index (χ1n) is 11.2. The van der Waals surface area contributed by atoms with Crippen molar-refractivity contribution in [3.05, 3.63) is 35.4 Å². The summed E-state index contributed by atoms with van der Waals surface area (Å²) in [5.74, 6) is 1.08. The van der Waals surface area contributed by atoms with Crippen LogP contribution < -0.4 is 0 Å². The molecule has 0 bridgehead atoms. The molecule has 2 aliphatic heterocycles. The number of piperidine rings is 2. The van der Waals surface area contributed by atoms with Crippen LogP contribution in [0, 0.1) is 11.8 Å². The van der Waals surface area contributed by atoms with E-state index in [9.17, 15) is 14.4 Å². The van der Waals surface area contributed by atoms with E-state index in [1.807, 2.05) is 34.1 Å². The van der Waals surface area contributed by atoms with Gasteiger partial charge in [0.1, 0.15) is 0 Å². The largest absolute Gasteiger partial charge is 0.343 e. The highest BCUT2D eigenvalue weighted by Crippen LogP contribution is 2.24. The van der Waals surface area contributed by atoms with Crippen LogP contribution in [0.4, 0.5) is 0 Å². The third kappa shape index (κ3) is 5.68. The van der Waals surface area contributed by atoms with Crippen LogP contribution >= 0.6 is 0 Å². The average Bonchev–Trinajstić information content (AvgIpc) is 2.77. The average molecular weight is 399 g/mol. The fourth-order valence-corrected chi connectivity index (χ4v) is 4.31. The molecular weight excluding hydrogens is 364 g/mol. The van der Waals surface area contributed by atoms with Crippen molar-refractivity contribution in [3.8, 4) is 0 Å². The van der Waals surface area contributed by atoms with Crippen molar-refractivity contribution in [2.24, 2.45) is 11.8 Å². The van der Waals surface area contributed by atoms with Crippen LogP contribution in [-0.2, 0) is 16.0 Å². The summed E-state index contributed by atoms with van der Waals surface area (Å²) < 4.78 is 0. The van der Waals surface area contributed by atoms with Gasteiger partial charge < -0.3 is 9.80 Å². The molecule has 3 rings (SSSR count). The molecule has 5 heteroatoms. The number of rotatable bonds is 6. The van der Waals surface area contributed by atoms with Crippen LogP contribution in [0.5, 0.6) is 0 Å². The number of Topliss-reactive ketones (excluding diaryl/α,β-unsaturated/α-hetero) is 1. The minimum absolute atomic E-state index is 0.0189. The SMILES string of the molecule is CCc1ccc(C(=O)CCC(=O)N2CCC(C(=O)N3CCC(C)CC3)CC2)cc1. The Morgan fingerprint density at radius 3 is 2.03 bits per heavy atom. The predicted octanol–water partition coefficient (Wildman–Crippen LogP) is 3.71. The lowest BCUT2D eigenvalue weighted by atomic mass is 9.92. The molecule has 0 saturated carbocycles. The quantitative estimate of drug-likeness (QED) is 0.687. The molecule has 158 valence electrons. The van der Waals surface area contributed by atoms with Crippen molar-refractivity contribution in [2.45, 2.75) is 58.8 Å². The van der Waals surface area contributed by atoms with Crippen molar-refractivity contribution in [2.75, 3.05) is 26.2 Å². The first-order chi connectivity index (χ1) is 14.0. The molecule has 5 nitrogen and oxygen atoms in total. The van der Waals surface area contributed by atoms with Crippen molar-refractivity contribution in [1.82, 2.24) is 9.80 Å². The first kappa shape index (κ1) is 21.5. The summed E-state index contributed by atoms with van der Waals surface area (Å²) >= 11 is 0. The molecule has 1 aromatic rings. The second kappa shape index (κ2) is 10.0. The molecular formula is C24H34N2O3. The van der Waals surface area contributed by atoms with Crippen molar-refractivity contribution in [3.63, 3.8) is 0 Å². The Kier molecular flexibility index (Phi) is 7.45. The molecule has 2 aliphatic rings. The summed E-state index contributed by atoms with van der Waals surface area (Å²) in [6.45, 7) is 7.33. The monoisotopic (exact) mass is 398 g/mol. The number of likely N-dealkylation sites (tertiary alicyclic amines) is 2. The minimum atomic E-state index is 0.0189. The summed E-state index contributed by atoms with van der Waals surface area (Å²) in [4.78, 5) is 41.5. The van der Waals surface area contributed by atoms with Gasteiger partial charge in [-0.1, -0.05) is 38.1 Å². The van der Waals surface area contributed by atoms with Crippen molar-refractivity contribution >= 4 is 17.6 Å². The molecule has 0 unspecified atom stereocenters. The topological polar surface area (TPSA) is 57.7 Å². The van der Waals surface area contributed by atoms with E-state index in [4.69, 9.17) is 0 Å². The van der Waals surface area contributed by atoms with Crippen molar-refractivity contribution in [1.29, 1.82) is 0 Å². The molecule has 2 fully saturated rings. The smallest absolute Gasteiger partial charge is 0.225 e. The Morgan fingerprint density at radius 2 is 1.45 bits per heavy atom. The highest BCUT2D eigenvalue weighted by molar-refractivity contribution is 5.98. The van der Waals surface area contributed by atoms with E-state index in [0.717, 1.165) is 45.2 Å². The number of hydrogen-bond donors (Lipinski definition) is 0. The summed E-state index contributed by atoms with van der Waals surface area (Å²) in [5, 5.41) is 0. The lowest BCUT2D eigenvalue weighted by molar-refractivity contribution is -0.141. The summed E-state index contributed by atoms with van der Waals surface area (Å²) in [6, 6.07) is 7.65. The molecule has 0 aromatic heterocycles. The second-order valence-corrected chi connectivity index (χ2v) is 8.64. The highest BCUT2D eigenvalue weighted by Gasteiger charge is 2.31. The van der Waals surface area contributed by atoms with E-state index in [1.165, 1.54) is 5.56 Å². The predicted molar refractivity (Wildman–Crippen MR) is 114 cm³/mol. The van der Waals surface area contributed by atoms with Gasteiger partial charge in [0.25, 0.3) is 0 Å². The zero-order chi connectivity index (χ0) is 20.8. The third-order valence-electron chi connectivity index (χ3n) is 6.54. The van der Waals surface area contributed by atoms with Gasteiger partial charge in [0.05, 0.1) is 0 Å². The molecule has 2 saturated heterocycles. The number of nitrogens with zero attached hydrogens (tertiary/aromatic N) is 2. The van der Waals surface area contributed by atoms with Crippen LogP contribution in [0.1, 0.15) is 68.3 Å². The Balaban J connectivity index is 1.41. The highest BCUT2D eigenvalue weighted by atomic mass is 16.2. The molecule has 29 heavy (non-hydrogen) atoms. The number of aryl methyl sites for hydroxylation is 1. The van der Waals surface area contributed by atoms with Gasteiger partial charge in [-0.15, -0.1) is 0 Å². The van der Waals surface area contributed by atoms with E-state index >= 15 is 0 Å². The van der Waals surface area contributed by atoms with Gasteiger partial charge in [-0.2, -0.15) is 0 Å². The van der Waals surface area contributed by atoms with Crippen LogP contribution in [0.15, 0.2) is 24.3 Å². The van der Waals surface area contributed by atoms with Crippen LogP contribution in [0.3, 0.4) is 0 Å². The normalized spacial score (nSPS) is 18.7. The Bertz CT molecular complexity index is 712. The molecule has 0 N–H and O–H groups in total. The molecule has 0 aliphatic carbocycles. The number of carbonyl (C=O) groups excluding carboxylic acids is 3. The van der Waals surface area contributed by atoms with Gasteiger partial charge in [0, 0.05) is 50.5 Å². The fourth-order valence-electron chi connectivity index (χ4n) is 4.31. The van der Waals surface area contributed by atoms with E-state index in [2.05, 4.69) is 13.8 Å². The zero-order valence-corrected chi connectivity index (χ0v) is 17.9. The maximum atomic E-state index is 12.7. The second-order valence-electron chi connectivity index (χ2n) is 8.64. The number of carbonyl (C=O) groups is 3. The zero-order valence-electron chi connectivity index (χ0n) is 17.9. The summed E-state index contributed by atoms with van der Waals surface area (Å²) in [5.41, 5.74) is 1.88. The Labute approximate surface area is 174 Å². The lowest BCUT2D eigenvalue weighted by Crippen LogP contribution is -2.46. The van der Waals surface area contributed by atoms with Gasteiger partial charge in [0.2, 0.25) is 11.8 Å². The Morgan fingerprint density at radius 1 is 0.862 bits per heavy atom. The van der Waals surface area contributed by atoms with Gasteiger partial charge in [-0.25, -0.2) is 0 Å². The number of benzene rings is 1. The Hall–Kier alpha value is -2.17.